The predicted molar refractivity (Wildman–Crippen MR) is 152 cm³/mol. The number of nitrogens with zero attached hydrogens (tertiary/aromatic N) is 3. The Hall–Kier alpha value is -3.70. The maximum Gasteiger partial charge on any atom is 0.216 e. The molecule has 0 N–H and O–H groups in total. The minimum atomic E-state index is -2.27. The van der Waals surface area contributed by atoms with Crippen LogP contribution in [-0.2, 0) is 20.1 Å². The van der Waals surface area contributed by atoms with E-state index in [0.717, 1.165) is 38.7 Å². The van der Waals surface area contributed by atoms with Gasteiger partial charge >= 0.3 is 0 Å². The zero-order valence-electron chi connectivity index (χ0n) is 23.6. The number of aryl methyl sites for hydroxylation is 3. The number of hydrogen-bond acceptors (Lipinski definition) is 5. The van der Waals surface area contributed by atoms with Gasteiger partial charge in [-0.2, -0.15) is 0 Å². The van der Waals surface area contributed by atoms with Gasteiger partial charge in [-0.1, -0.05) is 29.1 Å². The first kappa shape index (κ1) is 22.3. The van der Waals surface area contributed by atoms with Gasteiger partial charge in [0.05, 0.1) is 5.58 Å². The SMILES string of the molecule is [2H]C([2H])([2H])c1ccc2c(n1)oc1c(-c3cc4sc(C)c(C)c4cn3)[c-]ccc12.[Ir].[c-]1ccccc1-c1ccccn1. The molecule has 38 heavy (non-hydrogen) atoms. The van der Waals surface area contributed by atoms with Crippen molar-refractivity contribution in [1.82, 2.24) is 15.0 Å². The third-order valence-electron chi connectivity index (χ3n) is 6.27. The second kappa shape index (κ2) is 11.0. The van der Waals surface area contributed by atoms with Crippen molar-refractivity contribution >= 4 is 43.5 Å². The van der Waals surface area contributed by atoms with Crippen LogP contribution in [0.15, 0.2) is 89.6 Å². The standard InChI is InChI=1S/C21H15N2OS.C11H8N.Ir/c1-11-7-8-15-14-5-4-6-16(20(14)24-21(15)23-11)18-9-19-17(10-22-18)12(2)13(3)25-19;1-2-6-10(7-3-1)11-8-4-5-9-12-11;/h4-5,7-10H,1-3H3;1-6,8-9H;/q2*-1;/i1D3;;. The molecule has 0 aliphatic heterocycles. The number of furan rings is 1. The molecule has 0 spiro atoms. The molecule has 0 atom stereocenters. The first-order chi connectivity index (χ1) is 19.3. The van der Waals surface area contributed by atoms with Crippen molar-refractivity contribution in [1.29, 1.82) is 0 Å². The van der Waals surface area contributed by atoms with Crippen LogP contribution >= 0.6 is 11.3 Å². The normalized spacial score (nSPS) is 12.3. The van der Waals surface area contributed by atoms with Crippen molar-refractivity contribution in [2.75, 3.05) is 0 Å². The van der Waals surface area contributed by atoms with E-state index in [9.17, 15) is 0 Å². The molecule has 0 fully saturated rings. The summed E-state index contributed by atoms with van der Waals surface area (Å²) in [5.74, 6) is 0. The molecule has 7 rings (SSSR count). The van der Waals surface area contributed by atoms with E-state index >= 15 is 0 Å². The van der Waals surface area contributed by atoms with E-state index in [0.29, 0.717) is 11.3 Å². The first-order valence-corrected chi connectivity index (χ1v) is 12.6. The fourth-order valence-electron chi connectivity index (χ4n) is 4.26. The van der Waals surface area contributed by atoms with Crippen LogP contribution in [0.5, 0.6) is 0 Å². The van der Waals surface area contributed by atoms with Crippen LogP contribution < -0.4 is 0 Å². The van der Waals surface area contributed by atoms with E-state index in [1.165, 1.54) is 21.2 Å². The summed E-state index contributed by atoms with van der Waals surface area (Å²) in [7, 11) is 0. The average Bonchev–Trinajstić information content (AvgIpc) is 3.49. The number of pyridine rings is 3. The summed E-state index contributed by atoms with van der Waals surface area (Å²) in [6, 6.07) is 29.1. The quantitative estimate of drug-likeness (QED) is 0.171. The second-order valence-corrected chi connectivity index (χ2v) is 9.84. The van der Waals surface area contributed by atoms with E-state index < -0.39 is 6.85 Å². The number of benzene rings is 2. The van der Waals surface area contributed by atoms with Gasteiger partial charge in [-0.25, -0.2) is 4.98 Å². The predicted octanol–water partition coefficient (Wildman–Crippen LogP) is 8.53. The monoisotopic (exact) mass is 693 g/mol. The largest absolute Gasteiger partial charge is 0.486 e. The summed E-state index contributed by atoms with van der Waals surface area (Å²) in [6.07, 6.45) is 3.68. The first-order valence-electron chi connectivity index (χ1n) is 13.3. The van der Waals surface area contributed by atoms with E-state index in [4.69, 9.17) is 8.53 Å². The van der Waals surface area contributed by atoms with Crippen molar-refractivity contribution in [2.45, 2.75) is 20.7 Å². The van der Waals surface area contributed by atoms with Gasteiger partial charge in [0.25, 0.3) is 0 Å². The molecule has 0 bridgehead atoms. The summed E-state index contributed by atoms with van der Waals surface area (Å²) in [6.45, 7) is 1.94. The molecule has 0 aliphatic rings. The summed E-state index contributed by atoms with van der Waals surface area (Å²) in [5, 5.41) is 2.81. The molecule has 5 aromatic heterocycles. The minimum Gasteiger partial charge on any atom is -0.486 e. The Morgan fingerprint density at radius 1 is 0.868 bits per heavy atom. The van der Waals surface area contributed by atoms with Crippen LogP contribution in [0.4, 0.5) is 0 Å². The van der Waals surface area contributed by atoms with Gasteiger partial charge in [0.15, 0.2) is 0 Å². The Balaban J connectivity index is 0.000000218. The Kier molecular flexibility index (Phi) is 6.43. The molecular formula is C32H23IrN3OS-2. The Bertz CT molecular complexity index is 1930. The second-order valence-electron chi connectivity index (χ2n) is 8.59. The molecule has 0 aliphatic carbocycles. The molecule has 0 unspecified atom stereocenters. The summed E-state index contributed by atoms with van der Waals surface area (Å²) in [4.78, 5) is 14.4. The van der Waals surface area contributed by atoms with E-state index in [-0.39, 0.29) is 25.8 Å². The number of hydrogen-bond donors (Lipinski definition) is 0. The van der Waals surface area contributed by atoms with E-state index in [1.54, 1.807) is 23.6 Å². The zero-order valence-corrected chi connectivity index (χ0v) is 23.8. The molecule has 4 nitrogen and oxygen atoms in total. The molecule has 0 saturated heterocycles. The smallest absolute Gasteiger partial charge is 0.216 e. The minimum absolute atomic E-state index is 0. The van der Waals surface area contributed by atoms with Gasteiger partial charge in [-0.3, -0.25) is 0 Å². The van der Waals surface area contributed by atoms with Crippen LogP contribution in [-0.4, -0.2) is 15.0 Å². The van der Waals surface area contributed by atoms with E-state index in [1.807, 2.05) is 60.8 Å². The number of rotatable bonds is 2. The Labute approximate surface area is 243 Å². The maximum atomic E-state index is 7.57. The summed E-state index contributed by atoms with van der Waals surface area (Å²) >= 11 is 1.74. The molecule has 7 aromatic rings. The Morgan fingerprint density at radius 3 is 2.55 bits per heavy atom. The van der Waals surface area contributed by atoms with Gasteiger partial charge in [0.1, 0.15) is 0 Å². The third kappa shape index (κ3) is 4.91. The van der Waals surface area contributed by atoms with Crippen LogP contribution in [0, 0.1) is 32.8 Å². The fraction of sp³-hybridized carbons (Fsp3) is 0.0938. The molecule has 0 saturated carbocycles. The van der Waals surface area contributed by atoms with Gasteiger partial charge in [0, 0.05) is 62.7 Å². The van der Waals surface area contributed by atoms with Crippen molar-refractivity contribution in [3.05, 3.63) is 113 Å². The molecule has 189 valence electrons. The van der Waals surface area contributed by atoms with Gasteiger partial charge in [-0.05, 0) is 55.8 Å². The van der Waals surface area contributed by atoms with Crippen molar-refractivity contribution in [3.8, 4) is 22.5 Å². The van der Waals surface area contributed by atoms with Crippen LogP contribution in [0.3, 0.4) is 0 Å². The topological polar surface area (TPSA) is 51.8 Å². The van der Waals surface area contributed by atoms with E-state index in [2.05, 4.69) is 47.0 Å². The van der Waals surface area contributed by atoms with Gasteiger partial charge in [-0.15, -0.1) is 65.4 Å². The number of aromatic nitrogens is 3. The molecule has 0 amide bonds. The molecule has 2 aromatic carbocycles. The average molecular weight is 693 g/mol. The third-order valence-corrected chi connectivity index (χ3v) is 7.44. The van der Waals surface area contributed by atoms with Gasteiger partial charge in [0.2, 0.25) is 5.71 Å². The van der Waals surface area contributed by atoms with Crippen molar-refractivity contribution in [3.63, 3.8) is 0 Å². The van der Waals surface area contributed by atoms with Crippen LogP contribution in [0.2, 0.25) is 0 Å². The van der Waals surface area contributed by atoms with Crippen molar-refractivity contribution in [2.24, 2.45) is 0 Å². The maximum absolute atomic E-state index is 7.57. The molecule has 6 heteroatoms. The van der Waals surface area contributed by atoms with Crippen molar-refractivity contribution < 1.29 is 28.6 Å². The Morgan fingerprint density at radius 2 is 1.76 bits per heavy atom. The fourth-order valence-corrected chi connectivity index (χ4v) is 5.34. The van der Waals surface area contributed by atoms with Crippen LogP contribution in [0.1, 0.15) is 20.2 Å². The molecular weight excluding hydrogens is 667 g/mol. The summed E-state index contributed by atoms with van der Waals surface area (Å²) in [5.41, 5.74) is 5.74. The molecule has 5 heterocycles. The number of thiophene rings is 1. The van der Waals surface area contributed by atoms with Crippen LogP contribution in [0.25, 0.3) is 54.7 Å². The number of fused-ring (bicyclic) bond motifs is 4. The van der Waals surface area contributed by atoms with Gasteiger partial charge < -0.3 is 14.4 Å². The molecule has 1 radical (unpaired) electrons. The zero-order chi connectivity index (χ0) is 27.9. The summed E-state index contributed by atoms with van der Waals surface area (Å²) < 4.78 is 29.9.